The third kappa shape index (κ3) is 2.61. The molecule has 1 rings (SSSR count). The van der Waals surface area contributed by atoms with Gasteiger partial charge in [0.05, 0.1) is 18.1 Å². The summed E-state index contributed by atoms with van der Waals surface area (Å²) in [7, 11) is 0. The molecule has 3 heteroatoms. The van der Waals surface area contributed by atoms with Crippen molar-refractivity contribution in [2.75, 3.05) is 6.61 Å². The fourth-order valence-electron chi connectivity index (χ4n) is 1.52. The Balaban J connectivity index is 2.89. The van der Waals surface area contributed by atoms with Crippen molar-refractivity contribution in [2.24, 2.45) is 5.92 Å². The first-order valence-corrected chi connectivity index (χ1v) is 5.44. The van der Waals surface area contributed by atoms with Crippen molar-refractivity contribution in [1.82, 2.24) is 0 Å². The zero-order valence-electron chi connectivity index (χ0n) is 9.93. The van der Waals surface area contributed by atoms with Gasteiger partial charge >= 0.3 is 5.97 Å². The van der Waals surface area contributed by atoms with E-state index in [4.69, 9.17) is 4.74 Å². The maximum atomic E-state index is 11.6. The normalized spacial score (nSPS) is 16.2. The van der Waals surface area contributed by atoms with E-state index < -0.39 is 11.5 Å². The molecule has 0 fully saturated rings. The van der Waals surface area contributed by atoms with Gasteiger partial charge in [-0.2, -0.15) is 0 Å². The van der Waals surface area contributed by atoms with Crippen LogP contribution in [0.4, 0.5) is 0 Å². The number of hydrogen-bond donors (Lipinski definition) is 1. The van der Waals surface area contributed by atoms with Gasteiger partial charge in [-0.25, -0.2) is 0 Å². The molecule has 88 valence electrons. The lowest BCUT2D eigenvalue weighted by molar-refractivity contribution is -0.156. The monoisotopic (exact) mass is 222 g/mol. The van der Waals surface area contributed by atoms with E-state index in [1.807, 2.05) is 18.2 Å². The van der Waals surface area contributed by atoms with Crippen LogP contribution in [0.2, 0.25) is 0 Å². The lowest BCUT2D eigenvalue weighted by Crippen LogP contribution is -2.36. The third-order valence-electron chi connectivity index (χ3n) is 2.84. The summed E-state index contributed by atoms with van der Waals surface area (Å²) in [6, 6.07) is 9.14. The van der Waals surface area contributed by atoms with E-state index in [2.05, 4.69) is 0 Å². The number of ether oxygens (including phenoxy) is 1. The first-order chi connectivity index (χ1) is 7.50. The Morgan fingerprint density at radius 3 is 2.50 bits per heavy atom. The molecule has 1 aromatic carbocycles. The van der Waals surface area contributed by atoms with Crippen LogP contribution in [-0.4, -0.2) is 17.7 Å². The summed E-state index contributed by atoms with van der Waals surface area (Å²) < 4.78 is 4.91. The zero-order valence-corrected chi connectivity index (χ0v) is 9.93. The first-order valence-electron chi connectivity index (χ1n) is 5.44. The Hall–Kier alpha value is -1.35. The molecule has 0 aliphatic heterocycles. The lowest BCUT2D eigenvalue weighted by Gasteiger charge is -2.29. The number of carbonyl (C=O) groups is 1. The van der Waals surface area contributed by atoms with Crippen molar-refractivity contribution in [2.45, 2.75) is 26.4 Å². The highest BCUT2D eigenvalue weighted by Crippen LogP contribution is 2.29. The van der Waals surface area contributed by atoms with E-state index in [0.29, 0.717) is 6.61 Å². The molecule has 0 bridgehead atoms. The Kier molecular flexibility index (Phi) is 4.07. The molecule has 3 nitrogen and oxygen atoms in total. The number of rotatable bonds is 4. The van der Waals surface area contributed by atoms with Crippen molar-refractivity contribution in [3.8, 4) is 0 Å². The Morgan fingerprint density at radius 2 is 2.00 bits per heavy atom. The van der Waals surface area contributed by atoms with Crippen LogP contribution in [0.15, 0.2) is 30.3 Å². The van der Waals surface area contributed by atoms with Gasteiger partial charge in [0.2, 0.25) is 0 Å². The van der Waals surface area contributed by atoms with Crippen LogP contribution in [0, 0.1) is 5.92 Å². The maximum absolute atomic E-state index is 11.6. The summed E-state index contributed by atoms with van der Waals surface area (Å²) >= 11 is 0. The van der Waals surface area contributed by atoms with Gasteiger partial charge in [-0.1, -0.05) is 30.3 Å². The summed E-state index contributed by atoms with van der Waals surface area (Å²) in [6.07, 6.45) is 0. The van der Waals surface area contributed by atoms with Gasteiger partial charge in [-0.15, -0.1) is 0 Å². The fourth-order valence-corrected chi connectivity index (χ4v) is 1.52. The number of hydrogen-bond acceptors (Lipinski definition) is 3. The van der Waals surface area contributed by atoms with Crippen molar-refractivity contribution >= 4 is 5.97 Å². The van der Waals surface area contributed by atoms with Crippen molar-refractivity contribution in [3.63, 3.8) is 0 Å². The molecule has 0 radical (unpaired) electrons. The van der Waals surface area contributed by atoms with Gasteiger partial charge in [0, 0.05) is 0 Å². The summed E-state index contributed by atoms with van der Waals surface area (Å²) in [5, 5.41) is 10.4. The fraction of sp³-hybridized carbons (Fsp3) is 0.462. The molecule has 0 heterocycles. The van der Waals surface area contributed by atoms with Crippen LogP contribution < -0.4 is 0 Å². The largest absolute Gasteiger partial charge is 0.466 e. The van der Waals surface area contributed by atoms with E-state index in [1.165, 1.54) is 0 Å². The van der Waals surface area contributed by atoms with Gasteiger partial charge < -0.3 is 9.84 Å². The molecule has 0 aliphatic carbocycles. The third-order valence-corrected chi connectivity index (χ3v) is 2.84. The van der Waals surface area contributed by atoms with Crippen molar-refractivity contribution < 1.29 is 14.6 Å². The zero-order chi connectivity index (χ0) is 12.2. The second kappa shape index (κ2) is 5.12. The van der Waals surface area contributed by atoms with Gasteiger partial charge in [0.25, 0.3) is 0 Å². The van der Waals surface area contributed by atoms with Crippen LogP contribution in [0.3, 0.4) is 0 Å². The highest BCUT2D eigenvalue weighted by atomic mass is 16.5. The summed E-state index contributed by atoms with van der Waals surface area (Å²) in [5.41, 5.74) is -0.483. The smallest absolute Gasteiger partial charge is 0.311 e. The van der Waals surface area contributed by atoms with Crippen LogP contribution >= 0.6 is 0 Å². The van der Waals surface area contributed by atoms with E-state index in [-0.39, 0.29) is 5.97 Å². The topological polar surface area (TPSA) is 46.5 Å². The molecule has 2 atom stereocenters. The molecular formula is C13H18O3. The lowest BCUT2D eigenvalue weighted by atomic mass is 9.84. The van der Waals surface area contributed by atoms with Crippen LogP contribution in [-0.2, 0) is 15.1 Å². The molecule has 0 spiro atoms. The van der Waals surface area contributed by atoms with E-state index in [9.17, 15) is 9.90 Å². The highest BCUT2D eigenvalue weighted by molar-refractivity contribution is 5.73. The van der Waals surface area contributed by atoms with E-state index in [0.717, 1.165) is 5.56 Å². The van der Waals surface area contributed by atoms with Crippen molar-refractivity contribution in [3.05, 3.63) is 35.9 Å². The average Bonchev–Trinajstić information content (AvgIpc) is 2.29. The summed E-state index contributed by atoms with van der Waals surface area (Å²) in [4.78, 5) is 11.6. The van der Waals surface area contributed by atoms with E-state index >= 15 is 0 Å². The minimum atomic E-state index is -1.20. The summed E-state index contributed by atoms with van der Waals surface area (Å²) in [5.74, 6) is -0.966. The van der Waals surface area contributed by atoms with Gasteiger partial charge in [-0.05, 0) is 26.3 Å². The molecule has 0 aliphatic rings. The Morgan fingerprint density at radius 1 is 1.44 bits per heavy atom. The molecule has 0 amide bonds. The van der Waals surface area contributed by atoms with Crippen LogP contribution in [0.5, 0.6) is 0 Å². The molecule has 1 N–H and O–H groups in total. The molecular weight excluding hydrogens is 204 g/mol. The van der Waals surface area contributed by atoms with Gasteiger partial charge in [0.15, 0.2) is 0 Å². The molecule has 0 aromatic heterocycles. The predicted molar refractivity (Wildman–Crippen MR) is 61.8 cm³/mol. The first kappa shape index (κ1) is 12.7. The van der Waals surface area contributed by atoms with Gasteiger partial charge in [0.1, 0.15) is 0 Å². The quantitative estimate of drug-likeness (QED) is 0.793. The number of aliphatic hydroxyl groups is 1. The number of carbonyl (C=O) groups excluding carboxylic acids is 1. The van der Waals surface area contributed by atoms with Crippen molar-refractivity contribution in [1.29, 1.82) is 0 Å². The SMILES string of the molecule is CCOC(=O)C(C)C(C)(O)c1ccccc1. The second-order valence-electron chi connectivity index (χ2n) is 3.99. The second-order valence-corrected chi connectivity index (χ2v) is 3.99. The summed E-state index contributed by atoms with van der Waals surface area (Å²) in [6.45, 7) is 5.38. The molecule has 1 aromatic rings. The van der Waals surface area contributed by atoms with Crippen LogP contribution in [0.1, 0.15) is 26.3 Å². The Bertz CT molecular complexity index is 343. The molecule has 16 heavy (non-hydrogen) atoms. The number of benzene rings is 1. The Labute approximate surface area is 96.1 Å². The van der Waals surface area contributed by atoms with Gasteiger partial charge in [-0.3, -0.25) is 4.79 Å². The number of esters is 1. The highest BCUT2D eigenvalue weighted by Gasteiger charge is 2.36. The molecule has 0 saturated carbocycles. The molecule has 0 saturated heterocycles. The minimum absolute atomic E-state index is 0.327. The van der Waals surface area contributed by atoms with Crippen LogP contribution in [0.25, 0.3) is 0 Å². The standard InChI is InChI=1S/C13H18O3/c1-4-16-12(14)10(2)13(3,15)11-8-6-5-7-9-11/h5-10,15H,4H2,1-3H3. The minimum Gasteiger partial charge on any atom is -0.466 e. The molecule has 2 unspecified atom stereocenters. The maximum Gasteiger partial charge on any atom is 0.311 e. The predicted octanol–water partition coefficient (Wildman–Crippen LogP) is 2.09. The van der Waals surface area contributed by atoms with E-state index in [1.54, 1.807) is 32.9 Å². The average molecular weight is 222 g/mol.